The minimum Gasteiger partial charge on any atom is -0.331 e. The fourth-order valence-electron chi connectivity index (χ4n) is 4.54. The first-order valence-corrected chi connectivity index (χ1v) is 10.4. The van der Waals surface area contributed by atoms with Crippen LogP contribution in [-0.4, -0.2) is 21.8 Å². The number of carbonyl (C=O) groups excluding carboxylic acids is 1. The summed E-state index contributed by atoms with van der Waals surface area (Å²) in [5.74, 6) is 0.0146. The van der Waals surface area contributed by atoms with Crippen LogP contribution in [0.5, 0.6) is 0 Å². The van der Waals surface area contributed by atoms with Gasteiger partial charge in [0, 0.05) is 28.1 Å². The molecule has 1 fully saturated rings. The Bertz CT molecular complexity index is 1120. The van der Waals surface area contributed by atoms with Gasteiger partial charge in [-0.15, -0.1) is 0 Å². The minimum atomic E-state index is -0.109. The molecule has 0 radical (unpaired) electrons. The fourth-order valence-corrected chi connectivity index (χ4v) is 4.54. The van der Waals surface area contributed by atoms with Crippen LogP contribution in [0.1, 0.15) is 58.3 Å². The Morgan fingerprint density at radius 1 is 1.03 bits per heavy atom. The zero-order valence-corrected chi connectivity index (χ0v) is 17.4. The van der Waals surface area contributed by atoms with Crippen LogP contribution >= 0.6 is 0 Å². The first-order chi connectivity index (χ1) is 13.9. The van der Waals surface area contributed by atoms with E-state index in [9.17, 15) is 9.59 Å². The van der Waals surface area contributed by atoms with Crippen molar-refractivity contribution in [1.29, 1.82) is 0 Å². The Morgan fingerprint density at radius 3 is 2.52 bits per heavy atom. The molecule has 29 heavy (non-hydrogen) atoms. The topological polar surface area (TPSA) is 53.2 Å². The van der Waals surface area contributed by atoms with E-state index in [1.165, 1.54) is 0 Å². The fraction of sp³-hybridized carbons (Fsp3) is 0.360. The summed E-state index contributed by atoms with van der Waals surface area (Å²) in [5.41, 5.74) is 5.42. The van der Waals surface area contributed by atoms with Crippen LogP contribution in [0.25, 0.3) is 10.9 Å². The van der Waals surface area contributed by atoms with Crippen LogP contribution in [0, 0.1) is 20.8 Å². The number of fused-ring (bicyclic) bond motifs is 1. The summed E-state index contributed by atoms with van der Waals surface area (Å²) >= 11 is 0. The molecule has 1 saturated carbocycles. The molecule has 0 bridgehead atoms. The number of pyridine rings is 1. The molecule has 0 unspecified atom stereocenters. The van der Waals surface area contributed by atoms with Gasteiger partial charge in [-0.05, 0) is 69.0 Å². The number of H-pyrrole nitrogens is 1. The number of aromatic amines is 1. The average Bonchev–Trinajstić information content (AvgIpc) is 3.20. The Hall–Kier alpha value is -2.88. The van der Waals surface area contributed by atoms with Crippen molar-refractivity contribution in [3.05, 3.63) is 80.6 Å². The van der Waals surface area contributed by atoms with Crippen LogP contribution < -0.4 is 5.56 Å². The number of aromatic nitrogens is 1. The summed E-state index contributed by atoms with van der Waals surface area (Å²) in [6, 6.07) is 14.0. The normalized spacial score (nSPS) is 14.4. The molecule has 1 aromatic heterocycles. The molecule has 0 atom stereocenters. The number of aryl methyl sites for hydroxylation is 3. The number of amides is 1. The third kappa shape index (κ3) is 3.98. The Morgan fingerprint density at radius 2 is 1.79 bits per heavy atom. The Labute approximate surface area is 171 Å². The molecule has 1 N–H and O–H groups in total. The maximum Gasteiger partial charge on any atom is 0.254 e. The van der Waals surface area contributed by atoms with E-state index in [1.54, 1.807) is 0 Å². The molecule has 1 heterocycles. The molecule has 2 aromatic carbocycles. The summed E-state index contributed by atoms with van der Waals surface area (Å²) in [4.78, 5) is 31.2. The summed E-state index contributed by atoms with van der Waals surface area (Å²) in [6.07, 6.45) is 4.27. The van der Waals surface area contributed by atoms with Crippen molar-refractivity contribution < 1.29 is 4.79 Å². The molecule has 3 aromatic rings. The molecule has 0 aliphatic heterocycles. The Balaban J connectivity index is 1.74. The van der Waals surface area contributed by atoms with Crippen molar-refractivity contribution in [2.45, 2.75) is 59.0 Å². The zero-order chi connectivity index (χ0) is 20.5. The van der Waals surface area contributed by atoms with Crippen LogP contribution in [0.3, 0.4) is 0 Å². The van der Waals surface area contributed by atoms with Gasteiger partial charge in [-0.25, -0.2) is 0 Å². The summed E-state index contributed by atoms with van der Waals surface area (Å²) < 4.78 is 0. The molecule has 1 amide bonds. The molecular weight excluding hydrogens is 360 g/mol. The van der Waals surface area contributed by atoms with Gasteiger partial charge in [0.25, 0.3) is 11.5 Å². The van der Waals surface area contributed by atoms with E-state index in [0.717, 1.165) is 53.3 Å². The number of nitrogens with zero attached hydrogens (tertiary/aromatic N) is 1. The van der Waals surface area contributed by atoms with Crippen molar-refractivity contribution in [2.24, 2.45) is 0 Å². The quantitative estimate of drug-likeness (QED) is 0.681. The highest BCUT2D eigenvalue weighted by Crippen LogP contribution is 2.27. The van der Waals surface area contributed by atoms with Gasteiger partial charge in [-0.3, -0.25) is 9.59 Å². The van der Waals surface area contributed by atoms with Crippen LogP contribution in [0.4, 0.5) is 0 Å². The van der Waals surface area contributed by atoms with Gasteiger partial charge < -0.3 is 9.88 Å². The molecule has 0 saturated heterocycles. The summed E-state index contributed by atoms with van der Waals surface area (Å²) in [7, 11) is 0. The van der Waals surface area contributed by atoms with E-state index in [1.807, 2.05) is 55.1 Å². The van der Waals surface area contributed by atoms with Crippen LogP contribution in [0.2, 0.25) is 0 Å². The monoisotopic (exact) mass is 388 g/mol. The molecule has 4 rings (SSSR count). The van der Waals surface area contributed by atoms with Crippen molar-refractivity contribution in [3.63, 3.8) is 0 Å². The molecule has 1 aliphatic rings. The second-order valence-corrected chi connectivity index (χ2v) is 8.41. The average molecular weight is 389 g/mol. The van der Waals surface area contributed by atoms with Gasteiger partial charge in [0.15, 0.2) is 0 Å². The van der Waals surface area contributed by atoms with E-state index >= 15 is 0 Å². The van der Waals surface area contributed by atoms with E-state index in [0.29, 0.717) is 17.7 Å². The van der Waals surface area contributed by atoms with E-state index in [2.05, 4.69) is 18.0 Å². The van der Waals surface area contributed by atoms with E-state index in [4.69, 9.17) is 0 Å². The maximum atomic E-state index is 13.4. The number of hydrogen-bond donors (Lipinski definition) is 1. The highest BCUT2D eigenvalue weighted by molar-refractivity contribution is 5.94. The molecule has 0 spiro atoms. The third-order valence-corrected chi connectivity index (χ3v) is 6.02. The zero-order valence-electron chi connectivity index (χ0n) is 17.4. The van der Waals surface area contributed by atoms with Crippen molar-refractivity contribution in [1.82, 2.24) is 9.88 Å². The number of rotatable bonds is 4. The maximum absolute atomic E-state index is 13.4. The lowest BCUT2D eigenvalue weighted by Crippen LogP contribution is -2.39. The van der Waals surface area contributed by atoms with Crippen molar-refractivity contribution >= 4 is 16.8 Å². The lowest BCUT2D eigenvalue weighted by Gasteiger charge is -2.29. The highest BCUT2D eigenvalue weighted by atomic mass is 16.2. The largest absolute Gasteiger partial charge is 0.331 e. The summed E-state index contributed by atoms with van der Waals surface area (Å²) in [6.45, 7) is 6.43. The standard InChI is InChI=1S/C25H28N2O2/c1-16-7-6-8-19(12-16)25(29)27(21-9-4-5-10-21)15-20-14-22-18(3)11-17(2)13-23(22)26-24(20)28/h6-8,11-14,21H,4-5,9-10,15H2,1-3H3,(H,26,28). The Kier molecular flexibility index (Phi) is 5.27. The number of carbonyl (C=O) groups is 1. The number of hydrogen-bond acceptors (Lipinski definition) is 2. The van der Waals surface area contributed by atoms with Crippen molar-refractivity contribution in [2.75, 3.05) is 0 Å². The minimum absolute atomic E-state index is 0.0146. The molecular formula is C25H28N2O2. The second-order valence-electron chi connectivity index (χ2n) is 8.41. The molecule has 150 valence electrons. The SMILES string of the molecule is Cc1cccc(C(=O)N(Cc2cc3c(C)cc(C)cc3[nH]c2=O)C2CCCC2)c1. The third-order valence-electron chi connectivity index (χ3n) is 6.02. The molecule has 4 heteroatoms. The highest BCUT2D eigenvalue weighted by Gasteiger charge is 2.28. The first kappa shape index (κ1) is 19.4. The van der Waals surface area contributed by atoms with Gasteiger partial charge in [0.2, 0.25) is 0 Å². The van der Waals surface area contributed by atoms with Crippen LogP contribution in [0.15, 0.2) is 47.3 Å². The smallest absolute Gasteiger partial charge is 0.254 e. The van der Waals surface area contributed by atoms with Crippen LogP contribution in [-0.2, 0) is 6.54 Å². The van der Waals surface area contributed by atoms with Gasteiger partial charge in [-0.2, -0.15) is 0 Å². The predicted molar refractivity (Wildman–Crippen MR) is 117 cm³/mol. The number of benzene rings is 2. The van der Waals surface area contributed by atoms with Crippen molar-refractivity contribution in [3.8, 4) is 0 Å². The lowest BCUT2D eigenvalue weighted by molar-refractivity contribution is 0.0663. The first-order valence-electron chi connectivity index (χ1n) is 10.4. The van der Waals surface area contributed by atoms with E-state index in [-0.39, 0.29) is 17.5 Å². The van der Waals surface area contributed by atoms with E-state index < -0.39 is 0 Å². The molecule has 4 nitrogen and oxygen atoms in total. The molecule has 1 aliphatic carbocycles. The van der Waals surface area contributed by atoms with Gasteiger partial charge in [0.1, 0.15) is 0 Å². The second kappa shape index (κ2) is 7.86. The lowest BCUT2D eigenvalue weighted by atomic mass is 10.0. The number of nitrogens with one attached hydrogen (secondary N) is 1. The summed E-state index contributed by atoms with van der Waals surface area (Å²) in [5, 5.41) is 1.04. The predicted octanol–water partition coefficient (Wildman–Crippen LogP) is 5.04. The van der Waals surface area contributed by atoms with Gasteiger partial charge in [-0.1, -0.05) is 36.6 Å². The van der Waals surface area contributed by atoms with Gasteiger partial charge in [0.05, 0.1) is 6.54 Å². The van der Waals surface area contributed by atoms with Gasteiger partial charge >= 0.3 is 0 Å².